The summed E-state index contributed by atoms with van der Waals surface area (Å²) in [4.78, 5) is 4.32. The molecule has 0 N–H and O–H groups in total. The Labute approximate surface area is 97.5 Å². The van der Waals surface area contributed by atoms with Crippen molar-refractivity contribution in [1.82, 2.24) is 5.01 Å². The van der Waals surface area contributed by atoms with Gasteiger partial charge in [-0.25, -0.2) is 0 Å². The fraction of sp³-hybridized carbons (Fsp3) is 0.364. The molecular weight excluding hydrogens is 254 g/mol. The summed E-state index contributed by atoms with van der Waals surface area (Å²) in [6, 6.07) is 9.06. The zero-order valence-corrected chi connectivity index (χ0v) is 9.89. The van der Waals surface area contributed by atoms with E-state index in [-0.39, 0.29) is 0 Å². The molecule has 1 fully saturated rings. The predicted octanol–water partition coefficient (Wildman–Crippen LogP) is 2.63. The van der Waals surface area contributed by atoms with E-state index in [1.165, 1.54) is 18.5 Å². The Morgan fingerprint density at radius 2 is 1.93 bits per heavy atom. The van der Waals surface area contributed by atoms with E-state index in [4.69, 9.17) is 0 Å². The van der Waals surface area contributed by atoms with E-state index in [2.05, 4.69) is 55.2 Å². The Morgan fingerprint density at radius 1 is 1.20 bits per heavy atom. The Balaban J connectivity index is 1.84. The predicted molar refractivity (Wildman–Crippen MR) is 64.8 cm³/mol. The van der Waals surface area contributed by atoms with E-state index in [0.29, 0.717) is 6.04 Å². The van der Waals surface area contributed by atoms with Crippen LogP contribution in [0.25, 0.3) is 0 Å². The van der Waals surface area contributed by atoms with Crippen molar-refractivity contribution in [3.05, 3.63) is 28.7 Å². The maximum atomic E-state index is 4.32. The summed E-state index contributed by atoms with van der Waals surface area (Å²) in [7, 11) is 0. The van der Waals surface area contributed by atoms with Crippen molar-refractivity contribution in [3.63, 3.8) is 0 Å². The van der Waals surface area contributed by atoms with E-state index < -0.39 is 0 Å². The van der Waals surface area contributed by atoms with Crippen molar-refractivity contribution < 1.29 is 0 Å². The fourth-order valence-corrected chi connectivity index (χ4v) is 2.06. The first kappa shape index (κ1) is 9.21. The summed E-state index contributed by atoms with van der Waals surface area (Å²) in [5, 5.41) is 4.48. The minimum absolute atomic E-state index is 0.680. The van der Waals surface area contributed by atoms with Gasteiger partial charge in [-0.2, -0.15) is 0 Å². The lowest BCUT2D eigenvalue weighted by atomic mass is 10.3. The van der Waals surface area contributed by atoms with E-state index in [9.17, 15) is 0 Å². The largest absolute Gasteiger partial charge is 0.270 e. The summed E-state index contributed by atoms with van der Waals surface area (Å²) in [6.07, 6.45) is 4.54. The fourth-order valence-electron chi connectivity index (χ4n) is 1.79. The zero-order chi connectivity index (χ0) is 10.3. The summed E-state index contributed by atoms with van der Waals surface area (Å²) < 4.78 is 1.12. The molecule has 1 saturated carbocycles. The van der Waals surface area contributed by atoms with Crippen molar-refractivity contribution in [2.45, 2.75) is 18.9 Å². The Morgan fingerprint density at radius 3 is 2.60 bits per heavy atom. The Bertz CT molecular complexity index is 383. The maximum absolute atomic E-state index is 4.32. The van der Waals surface area contributed by atoms with Crippen molar-refractivity contribution in [2.75, 3.05) is 11.7 Å². The average molecular weight is 266 g/mol. The molecule has 1 heterocycles. The number of hydrazine groups is 1. The molecule has 3 rings (SSSR count). The number of aliphatic imine (C=N–C) groups is 1. The topological polar surface area (TPSA) is 18.8 Å². The van der Waals surface area contributed by atoms with Gasteiger partial charge in [0.05, 0.1) is 11.7 Å². The molecule has 0 unspecified atom stereocenters. The molecule has 1 aromatic carbocycles. The van der Waals surface area contributed by atoms with Crippen LogP contribution in [0.1, 0.15) is 12.8 Å². The molecule has 0 saturated heterocycles. The van der Waals surface area contributed by atoms with Crippen LogP contribution in [0.5, 0.6) is 0 Å². The second kappa shape index (κ2) is 3.52. The average Bonchev–Trinajstić information content (AvgIpc) is 2.98. The van der Waals surface area contributed by atoms with Crippen molar-refractivity contribution in [1.29, 1.82) is 0 Å². The number of halogens is 1. The van der Waals surface area contributed by atoms with Gasteiger partial charge in [0.2, 0.25) is 0 Å². The third kappa shape index (κ3) is 1.74. The maximum Gasteiger partial charge on any atom is 0.131 e. The molecule has 2 aliphatic rings. The van der Waals surface area contributed by atoms with Crippen LogP contribution in [0.4, 0.5) is 5.69 Å². The molecule has 0 spiro atoms. The molecule has 15 heavy (non-hydrogen) atoms. The van der Waals surface area contributed by atoms with Crippen LogP contribution in [0.3, 0.4) is 0 Å². The van der Waals surface area contributed by atoms with Gasteiger partial charge in [0.1, 0.15) is 13.0 Å². The van der Waals surface area contributed by atoms with E-state index in [1.54, 1.807) is 0 Å². The highest BCUT2D eigenvalue weighted by Crippen LogP contribution is 2.31. The summed E-state index contributed by atoms with van der Waals surface area (Å²) in [5.41, 5.74) is 1.21. The van der Waals surface area contributed by atoms with Gasteiger partial charge < -0.3 is 0 Å². The van der Waals surface area contributed by atoms with Gasteiger partial charge in [-0.1, -0.05) is 15.9 Å². The molecule has 0 aromatic heterocycles. The molecule has 4 heteroatoms. The Hall–Kier alpha value is -1.03. The van der Waals surface area contributed by atoms with E-state index >= 15 is 0 Å². The van der Waals surface area contributed by atoms with Gasteiger partial charge in [0.15, 0.2) is 0 Å². The second-order valence-electron chi connectivity index (χ2n) is 3.93. The first-order chi connectivity index (χ1) is 7.34. The first-order valence-corrected chi connectivity index (χ1v) is 5.95. The smallest absolute Gasteiger partial charge is 0.131 e. The number of anilines is 1. The van der Waals surface area contributed by atoms with E-state index in [0.717, 1.165) is 11.1 Å². The lowest BCUT2D eigenvalue weighted by Crippen LogP contribution is -2.38. The second-order valence-corrected chi connectivity index (χ2v) is 4.84. The van der Waals surface area contributed by atoms with E-state index in [1.807, 2.05) is 6.34 Å². The van der Waals surface area contributed by atoms with Crippen LogP contribution in [0.15, 0.2) is 33.7 Å². The molecular formula is C11H12BrN3. The molecule has 1 aliphatic carbocycles. The zero-order valence-electron chi connectivity index (χ0n) is 8.31. The highest BCUT2D eigenvalue weighted by molar-refractivity contribution is 9.10. The molecule has 0 atom stereocenters. The highest BCUT2D eigenvalue weighted by Gasteiger charge is 2.33. The van der Waals surface area contributed by atoms with Crippen LogP contribution in [-0.2, 0) is 0 Å². The van der Waals surface area contributed by atoms with Crippen LogP contribution >= 0.6 is 15.9 Å². The number of hydrogen-bond acceptors (Lipinski definition) is 3. The van der Waals surface area contributed by atoms with Gasteiger partial charge in [-0.3, -0.25) is 15.0 Å². The highest BCUT2D eigenvalue weighted by atomic mass is 79.9. The van der Waals surface area contributed by atoms with Crippen LogP contribution in [-0.4, -0.2) is 24.1 Å². The summed E-state index contributed by atoms with van der Waals surface area (Å²) >= 11 is 3.45. The van der Waals surface area contributed by atoms with Crippen LogP contribution in [0, 0.1) is 0 Å². The number of nitrogens with zero attached hydrogens (tertiary/aromatic N) is 3. The summed E-state index contributed by atoms with van der Waals surface area (Å²) in [5.74, 6) is 0. The normalized spacial score (nSPS) is 20.1. The van der Waals surface area contributed by atoms with Gasteiger partial charge in [0, 0.05) is 4.47 Å². The third-order valence-electron chi connectivity index (χ3n) is 2.74. The number of rotatable bonds is 2. The van der Waals surface area contributed by atoms with Crippen molar-refractivity contribution >= 4 is 28.0 Å². The molecule has 1 aromatic rings. The minimum Gasteiger partial charge on any atom is -0.270 e. The van der Waals surface area contributed by atoms with Crippen molar-refractivity contribution in [2.24, 2.45) is 4.99 Å². The summed E-state index contributed by atoms with van der Waals surface area (Å²) in [6.45, 7) is 0.748. The van der Waals surface area contributed by atoms with Gasteiger partial charge in [0.25, 0.3) is 0 Å². The SMILES string of the molecule is Brc1ccc(N2CN=CN2C2CC2)cc1. The molecule has 1 aliphatic heterocycles. The molecule has 0 radical (unpaired) electrons. The van der Waals surface area contributed by atoms with Gasteiger partial charge >= 0.3 is 0 Å². The standard InChI is InChI=1S/C11H12BrN3/c12-9-1-3-10(4-2-9)14-7-13-8-15(14)11-5-6-11/h1-4,8,11H,5-7H2. The van der Waals surface area contributed by atoms with Crippen molar-refractivity contribution in [3.8, 4) is 0 Å². The third-order valence-corrected chi connectivity index (χ3v) is 3.27. The minimum atomic E-state index is 0.680. The van der Waals surface area contributed by atoms with Gasteiger partial charge in [-0.05, 0) is 37.1 Å². The number of benzene rings is 1. The lowest BCUT2D eigenvalue weighted by Gasteiger charge is -2.29. The monoisotopic (exact) mass is 265 g/mol. The number of hydrogen-bond donors (Lipinski definition) is 0. The van der Waals surface area contributed by atoms with Gasteiger partial charge in [-0.15, -0.1) is 0 Å². The molecule has 0 bridgehead atoms. The molecule has 0 amide bonds. The first-order valence-electron chi connectivity index (χ1n) is 5.16. The lowest BCUT2D eigenvalue weighted by molar-refractivity contribution is 0.414. The quantitative estimate of drug-likeness (QED) is 0.819. The Kier molecular flexibility index (Phi) is 2.16. The molecule has 78 valence electrons. The molecule has 3 nitrogen and oxygen atoms in total. The van der Waals surface area contributed by atoms with Crippen LogP contribution in [0.2, 0.25) is 0 Å². The van der Waals surface area contributed by atoms with Crippen LogP contribution < -0.4 is 5.01 Å².